The zero-order valence-corrected chi connectivity index (χ0v) is 12.3. The van der Waals surface area contributed by atoms with Gasteiger partial charge in [0, 0.05) is 28.0 Å². The van der Waals surface area contributed by atoms with Crippen molar-refractivity contribution < 1.29 is 4.74 Å². The van der Waals surface area contributed by atoms with Crippen molar-refractivity contribution >= 4 is 38.9 Å². The summed E-state index contributed by atoms with van der Waals surface area (Å²) in [6.07, 6.45) is 2.31. The molecule has 0 amide bonds. The second-order valence-corrected chi connectivity index (χ2v) is 7.00. The molecule has 90 valence electrons. The molecule has 1 unspecified atom stereocenters. The molecule has 0 radical (unpaired) electrons. The van der Waals surface area contributed by atoms with Crippen LogP contribution >= 0.6 is 38.9 Å². The van der Waals surface area contributed by atoms with E-state index in [1.54, 1.807) is 11.3 Å². The fourth-order valence-corrected chi connectivity index (χ4v) is 3.58. The maximum atomic E-state index is 6.00. The molecule has 0 aliphatic carbocycles. The molecule has 0 spiro atoms. The van der Waals surface area contributed by atoms with Gasteiger partial charge in [-0.2, -0.15) is 0 Å². The molecule has 1 aliphatic heterocycles. The minimum atomic E-state index is 0.112. The fourth-order valence-electron chi connectivity index (χ4n) is 1.85. The summed E-state index contributed by atoms with van der Waals surface area (Å²) in [7, 11) is 0. The Morgan fingerprint density at radius 2 is 2.50 bits per heavy atom. The van der Waals surface area contributed by atoms with Crippen LogP contribution in [-0.4, -0.2) is 18.8 Å². The van der Waals surface area contributed by atoms with Crippen LogP contribution in [0.15, 0.2) is 10.5 Å². The number of nitrogens with one attached hydrogen (secondary N) is 1. The zero-order valence-electron chi connectivity index (χ0n) is 9.19. The first kappa shape index (κ1) is 12.8. The predicted molar refractivity (Wildman–Crippen MR) is 72.3 cm³/mol. The van der Waals surface area contributed by atoms with Gasteiger partial charge in [-0.25, -0.2) is 0 Å². The van der Waals surface area contributed by atoms with E-state index in [2.05, 4.69) is 34.2 Å². The number of hydrogen-bond acceptors (Lipinski definition) is 3. The van der Waals surface area contributed by atoms with Gasteiger partial charge in [-0.3, -0.25) is 0 Å². The van der Waals surface area contributed by atoms with Crippen molar-refractivity contribution in [2.24, 2.45) is 0 Å². The average Bonchev–Trinajstić information content (AvgIpc) is 2.57. The van der Waals surface area contributed by atoms with Gasteiger partial charge in [0.15, 0.2) is 0 Å². The summed E-state index contributed by atoms with van der Waals surface area (Å²) >= 11 is 11.0. The number of thiophene rings is 1. The minimum absolute atomic E-state index is 0.112. The van der Waals surface area contributed by atoms with Gasteiger partial charge in [0.2, 0.25) is 0 Å². The monoisotopic (exact) mass is 323 g/mol. The third-order valence-corrected chi connectivity index (χ3v) is 5.30. The van der Waals surface area contributed by atoms with Crippen molar-refractivity contribution in [1.29, 1.82) is 0 Å². The lowest BCUT2D eigenvalue weighted by molar-refractivity contribution is 0.0279. The van der Waals surface area contributed by atoms with Crippen LogP contribution in [0.4, 0.5) is 0 Å². The van der Waals surface area contributed by atoms with Crippen LogP contribution in [0.1, 0.15) is 24.6 Å². The van der Waals surface area contributed by atoms with Crippen LogP contribution in [0, 0.1) is 0 Å². The molecule has 1 atom stereocenters. The van der Waals surface area contributed by atoms with E-state index in [9.17, 15) is 0 Å². The zero-order chi connectivity index (χ0) is 11.6. The van der Waals surface area contributed by atoms with Crippen LogP contribution in [0.3, 0.4) is 0 Å². The van der Waals surface area contributed by atoms with Crippen molar-refractivity contribution in [3.8, 4) is 0 Å². The molecule has 2 heterocycles. The van der Waals surface area contributed by atoms with Gasteiger partial charge < -0.3 is 10.1 Å². The molecule has 1 fully saturated rings. The van der Waals surface area contributed by atoms with Gasteiger partial charge in [0.1, 0.15) is 4.34 Å². The van der Waals surface area contributed by atoms with E-state index >= 15 is 0 Å². The molecule has 0 aromatic carbocycles. The van der Waals surface area contributed by atoms with Crippen LogP contribution < -0.4 is 5.32 Å². The Balaban J connectivity index is 1.91. The van der Waals surface area contributed by atoms with E-state index in [0.717, 1.165) is 35.0 Å². The second kappa shape index (κ2) is 5.36. The third kappa shape index (κ3) is 3.20. The molecule has 5 heteroatoms. The van der Waals surface area contributed by atoms with Gasteiger partial charge in [-0.05, 0) is 41.8 Å². The van der Waals surface area contributed by atoms with E-state index < -0.39 is 0 Å². The van der Waals surface area contributed by atoms with Crippen LogP contribution in [0.2, 0.25) is 4.34 Å². The molecular formula is C11H15BrClNOS. The van der Waals surface area contributed by atoms with Gasteiger partial charge in [-0.1, -0.05) is 11.6 Å². The molecular weight excluding hydrogens is 310 g/mol. The summed E-state index contributed by atoms with van der Waals surface area (Å²) in [5.41, 5.74) is 0.112. The van der Waals surface area contributed by atoms with Crippen LogP contribution in [0.25, 0.3) is 0 Å². The van der Waals surface area contributed by atoms with Gasteiger partial charge in [0.05, 0.1) is 6.61 Å². The topological polar surface area (TPSA) is 21.3 Å². The first-order valence-corrected chi connectivity index (χ1v) is 7.34. The first-order valence-electron chi connectivity index (χ1n) is 5.36. The maximum Gasteiger partial charge on any atom is 0.107 e. The Morgan fingerprint density at radius 1 is 1.69 bits per heavy atom. The average molecular weight is 325 g/mol. The Morgan fingerprint density at radius 3 is 3.06 bits per heavy atom. The molecule has 1 aromatic heterocycles. The Bertz CT molecular complexity index is 343. The Hall–Kier alpha value is 0.390. The first-order chi connectivity index (χ1) is 7.59. The highest BCUT2D eigenvalue weighted by Crippen LogP contribution is 2.32. The van der Waals surface area contributed by atoms with E-state index in [4.69, 9.17) is 16.3 Å². The third-order valence-electron chi connectivity index (χ3n) is 2.82. The molecule has 0 saturated carbocycles. The summed E-state index contributed by atoms with van der Waals surface area (Å²) in [5.74, 6) is 0. The van der Waals surface area contributed by atoms with Crippen LogP contribution in [-0.2, 0) is 11.3 Å². The lowest BCUT2D eigenvalue weighted by atomic mass is 9.95. The summed E-state index contributed by atoms with van der Waals surface area (Å²) < 4.78 is 7.32. The highest BCUT2D eigenvalue weighted by atomic mass is 79.9. The molecule has 0 bridgehead atoms. The summed E-state index contributed by atoms with van der Waals surface area (Å²) in [5, 5.41) is 3.56. The Labute approximate surface area is 113 Å². The quantitative estimate of drug-likeness (QED) is 0.912. The number of ether oxygens (including phenoxy) is 1. The predicted octanol–water partition coefficient (Wildman–Crippen LogP) is 3.82. The standard InChI is InChI=1S/C11H15BrClNOS/c1-11(3-2-4-15-7-11)14-6-8-5-9(12)10(13)16-8/h5,14H,2-4,6-7H2,1H3. The number of halogens is 2. The normalized spacial score (nSPS) is 25.9. The molecule has 16 heavy (non-hydrogen) atoms. The van der Waals surface area contributed by atoms with E-state index in [1.807, 2.05) is 0 Å². The molecule has 1 aliphatic rings. The molecule has 2 nitrogen and oxygen atoms in total. The van der Waals surface area contributed by atoms with Crippen molar-refractivity contribution in [2.75, 3.05) is 13.2 Å². The lowest BCUT2D eigenvalue weighted by Crippen LogP contribution is -2.48. The van der Waals surface area contributed by atoms with Crippen molar-refractivity contribution in [1.82, 2.24) is 5.32 Å². The summed E-state index contributed by atoms with van der Waals surface area (Å²) in [4.78, 5) is 1.25. The summed E-state index contributed by atoms with van der Waals surface area (Å²) in [6, 6.07) is 2.08. The van der Waals surface area contributed by atoms with E-state index in [1.165, 1.54) is 11.3 Å². The highest BCUT2D eigenvalue weighted by Gasteiger charge is 2.26. The largest absolute Gasteiger partial charge is 0.380 e. The molecule has 1 saturated heterocycles. The van der Waals surface area contributed by atoms with E-state index in [0.29, 0.717) is 0 Å². The number of hydrogen-bond donors (Lipinski definition) is 1. The number of rotatable bonds is 3. The summed E-state index contributed by atoms with van der Waals surface area (Å²) in [6.45, 7) is 4.77. The smallest absolute Gasteiger partial charge is 0.107 e. The van der Waals surface area contributed by atoms with E-state index in [-0.39, 0.29) is 5.54 Å². The fraction of sp³-hybridized carbons (Fsp3) is 0.636. The van der Waals surface area contributed by atoms with Gasteiger partial charge >= 0.3 is 0 Å². The second-order valence-electron chi connectivity index (χ2n) is 4.40. The molecule has 2 rings (SSSR count). The highest BCUT2D eigenvalue weighted by molar-refractivity contribution is 9.10. The maximum absolute atomic E-state index is 6.00. The minimum Gasteiger partial charge on any atom is -0.380 e. The van der Waals surface area contributed by atoms with Crippen molar-refractivity contribution in [3.05, 3.63) is 19.8 Å². The Kier molecular flexibility index (Phi) is 4.30. The van der Waals surface area contributed by atoms with Gasteiger partial charge in [0.25, 0.3) is 0 Å². The SMILES string of the molecule is CC1(NCc2cc(Br)c(Cl)s2)CCCOC1. The molecule has 1 N–H and O–H groups in total. The van der Waals surface area contributed by atoms with Crippen molar-refractivity contribution in [2.45, 2.75) is 31.8 Å². The molecule has 1 aromatic rings. The van der Waals surface area contributed by atoms with Crippen LogP contribution in [0.5, 0.6) is 0 Å². The lowest BCUT2D eigenvalue weighted by Gasteiger charge is -2.34. The van der Waals surface area contributed by atoms with Crippen molar-refractivity contribution in [3.63, 3.8) is 0 Å². The van der Waals surface area contributed by atoms with Gasteiger partial charge in [-0.15, -0.1) is 11.3 Å².